The molecule has 0 spiro atoms. The number of furan rings is 1. The summed E-state index contributed by atoms with van der Waals surface area (Å²) in [5.74, 6) is 0.106. The first-order valence-electron chi connectivity index (χ1n) is 4.28. The fourth-order valence-corrected chi connectivity index (χ4v) is 1.88. The van der Waals surface area contributed by atoms with E-state index in [0.717, 1.165) is 17.4 Å². The summed E-state index contributed by atoms with van der Waals surface area (Å²) in [4.78, 5) is 0. The second-order valence-corrected chi connectivity index (χ2v) is 3.40. The average Bonchev–Trinajstić information content (AvgIpc) is 2.55. The lowest BCUT2D eigenvalue weighted by molar-refractivity contribution is 0.613. The molecular weight excluding hydrogens is 162 g/mol. The van der Waals surface area contributed by atoms with Crippen molar-refractivity contribution in [2.75, 3.05) is 0 Å². The first kappa shape index (κ1) is 6.73. The van der Waals surface area contributed by atoms with Crippen molar-refractivity contribution in [1.82, 2.24) is 0 Å². The van der Waals surface area contributed by atoms with E-state index in [9.17, 15) is 0 Å². The first-order valence-corrected chi connectivity index (χ1v) is 4.28. The van der Waals surface area contributed by atoms with Crippen LogP contribution >= 0.6 is 0 Å². The van der Waals surface area contributed by atoms with E-state index >= 15 is 0 Å². The Kier molecular flexibility index (Phi) is 1.11. The smallest absolute Gasteiger partial charge is 0.134 e. The Morgan fingerprint density at radius 1 is 1.46 bits per heavy atom. The largest absolute Gasteiger partial charge is 0.464 e. The number of benzene rings is 1. The van der Waals surface area contributed by atoms with Crippen LogP contribution in [0, 0.1) is 11.3 Å². The maximum Gasteiger partial charge on any atom is 0.134 e. The maximum atomic E-state index is 8.78. The molecule has 1 atom stereocenters. The zero-order chi connectivity index (χ0) is 8.84. The number of hydrogen-bond donors (Lipinski definition) is 0. The van der Waals surface area contributed by atoms with Crippen LogP contribution in [0.2, 0.25) is 0 Å². The highest BCUT2D eigenvalue weighted by atomic mass is 16.3. The van der Waals surface area contributed by atoms with Gasteiger partial charge in [-0.15, -0.1) is 0 Å². The molecule has 0 radical (unpaired) electrons. The molecule has 0 N–H and O–H groups in total. The molecule has 2 nitrogen and oxygen atoms in total. The van der Waals surface area contributed by atoms with E-state index in [1.165, 1.54) is 11.1 Å². The molecule has 0 saturated heterocycles. The Morgan fingerprint density at radius 3 is 3.23 bits per heavy atom. The fraction of sp³-hybridized carbons (Fsp3) is 0.182. The molecule has 0 fully saturated rings. The fourth-order valence-electron chi connectivity index (χ4n) is 1.88. The summed E-state index contributed by atoms with van der Waals surface area (Å²) in [6.45, 7) is 0. The second kappa shape index (κ2) is 2.14. The van der Waals surface area contributed by atoms with Crippen LogP contribution in [0.4, 0.5) is 0 Å². The van der Waals surface area contributed by atoms with Crippen molar-refractivity contribution in [2.45, 2.75) is 12.3 Å². The van der Waals surface area contributed by atoms with Gasteiger partial charge in [-0.2, -0.15) is 5.26 Å². The van der Waals surface area contributed by atoms with Gasteiger partial charge in [-0.05, 0) is 35.7 Å². The van der Waals surface area contributed by atoms with Crippen LogP contribution in [0.5, 0.6) is 0 Å². The van der Waals surface area contributed by atoms with Gasteiger partial charge in [-0.1, -0.05) is 0 Å². The normalized spacial score (nSPS) is 19.2. The summed E-state index contributed by atoms with van der Waals surface area (Å²) >= 11 is 0. The maximum absolute atomic E-state index is 8.78. The molecule has 0 bridgehead atoms. The van der Waals surface area contributed by atoms with Gasteiger partial charge in [0.05, 0.1) is 18.3 Å². The third-order valence-corrected chi connectivity index (χ3v) is 2.67. The van der Waals surface area contributed by atoms with Gasteiger partial charge in [0, 0.05) is 5.39 Å². The number of fused-ring (bicyclic) bond motifs is 2. The molecule has 3 rings (SSSR count). The molecule has 1 aromatic heterocycles. The first-order chi connectivity index (χ1) is 6.38. The summed E-state index contributed by atoms with van der Waals surface area (Å²) in [7, 11) is 0. The van der Waals surface area contributed by atoms with Crippen molar-refractivity contribution in [2.24, 2.45) is 0 Å². The Labute approximate surface area is 75.4 Å². The number of rotatable bonds is 0. The van der Waals surface area contributed by atoms with Gasteiger partial charge in [0.1, 0.15) is 5.58 Å². The van der Waals surface area contributed by atoms with Gasteiger partial charge in [0.25, 0.3) is 0 Å². The van der Waals surface area contributed by atoms with Gasteiger partial charge in [-0.3, -0.25) is 0 Å². The quantitative estimate of drug-likeness (QED) is 0.607. The highest BCUT2D eigenvalue weighted by Crippen LogP contribution is 2.37. The second-order valence-electron chi connectivity index (χ2n) is 3.40. The molecule has 62 valence electrons. The van der Waals surface area contributed by atoms with Gasteiger partial charge >= 0.3 is 0 Å². The molecular formula is C11H7NO. The predicted octanol–water partition coefficient (Wildman–Crippen LogP) is 2.60. The molecule has 0 amide bonds. The standard InChI is InChI=1S/C11H7NO/c12-6-9-3-8-5-11-7(1-2-13-11)4-10(8)9/h1-2,4-5,9H,3H2. The van der Waals surface area contributed by atoms with E-state index in [1.54, 1.807) is 6.26 Å². The molecule has 0 saturated carbocycles. The van der Waals surface area contributed by atoms with Gasteiger partial charge < -0.3 is 4.42 Å². The Hall–Kier alpha value is -1.75. The molecule has 1 unspecified atom stereocenters. The summed E-state index contributed by atoms with van der Waals surface area (Å²) < 4.78 is 5.27. The topological polar surface area (TPSA) is 36.9 Å². The number of nitrogens with zero attached hydrogens (tertiary/aromatic N) is 1. The highest BCUT2D eigenvalue weighted by Gasteiger charge is 2.26. The summed E-state index contributed by atoms with van der Waals surface area (Å²) in [6.07, 6.45) is 2.56. The molecule has 2 heteroatoms. The zero-order valence-corrected chi connectivity index (χ0v) is 6.95. The molecule has 1 aliphatic rings. The monoisotopic (exact) mass is 169 g/mol. The van der Waals surface area contributed by atoms with Crippen LogP contribution in [0.15, 0.2) is 28.9 Å². The predicted molar refractivity (Wildman–Crippen MR) is 48.3 cm³/mol. The van der Waals surface area contributed by atoms with Crippen LogP contribution in [-0.2, 0) is 6.42 Å². The van der Waals surface area contributed by atoms with Gasteiger partial charge in [0.2, 0.25) is 0 Å². The van der Waals surface area contributed by atoms with Crippen molar-refractivity contribution < 1.29 is 4.42 Å². The minimum absolute atomic E-state index is 0.106. The zero-order valence-electron chi connectivity index (χ0n) is 6.95. The minimum Gasteiger partial charge on any atom is -0.464 e. The van der Waals surface area contributed by atoms with Crippen molar-refractivity contribution in [3.63, 3.8) is 0 Å². The molecule has 2 aromatic rings. The van der Waals surface area contributed by atoms with Crippen molar-refractivity contribution >= 4 is 11.0 Å². The highest BCUT2D eigenvalue weighted by molar-refractivity contribution is 5.80. The minimum atomic E-state index is 0.106. The third kappa shape index (κ3) is 0.762. The van der Waals surface area contributed by atoms with Crippen molar-refractivity contribution in [3.8, 4) is 6.07 Å². The summed E-state index contributed by atoms with van der Waals surface area (Å²) in [6, 6.07) is 8.32. The van der Waals surface area contributed by atoms with Crippen LogP contribution in [0.25, 0.3) is 11.0 Å². The van der Waals surface area contributed by atoms with Crippen LogP contribution < -0.4 is 0 Å². The summed E-state index contributed by atoms with van der Waals surface area (Å²) in [5.41, 5.74) is 3.36. The van der Waals surface area contributed by atoms with Gasteiger partial charge in [-0.25, -0.2) is 0 Å². The van der Waals surface area contributed by atoms with E-state index in [1.807, 2.05) is 12.1 Å². The van der Waals surface area contributed by atoms with E-state index < -0.39 is 0 Å². The molecule has 1 aliphatic carbocycles. The van der Waals surface area contributed by atoms with Crippen molar-refractivity contribution in [3.05, 3.63) is 35.6 Å². The van der Waals surface area contributed by atoms with E-state index in [2.05, 4.69) is 12.1 Å². The average molecular weight is 169 g/mol. The van der Waals surface area contributed by atoms with E-state index in [-0.39, 0.29) is 5.92 Å². The Balaban J connectivity index is 2.29. The lowest BCUT2D eigenvalue weighted by Gasteiger charge is -2.23. The molecule has 1 heterocycles. The van der Waals surface area contributed by atoms with E-state index in [0.29, 0.717) is 0 Å². The number of hydrogen-bond acceptors (Lipinski definition) is 2. The van der Waals surface area contributed by atoms with Crippen LogP contribution in [0.3, 0.4) is 0 Å². The van der Waals surface area contributed by atoms with Gasteiger partial charge in [0.15, 0.2) is 0 Å². The van der Waals surface area contributed by atoms with Crippen molar-refractivity contribution in [1.29, 1.82) is 5.26 Å². The summed E-state index contributed by atoms with van der Waals surface area (Å²) in [5, 5.41) is 9.88. The molecule has 0 aliphatic heterocycles. The lowest BCUT2D eigenvalue weighted by atomic mass is 9.78. The molecule has 13 heavy (non-hydrogen) atoms. The lowest BCUT2D eigenvalue weighted by Crippen LogP contribution is -2.14. The van der Waals surface area contributed by atoms with Crippen LogP contribution in [-0.4, -0.2) is 0 Å². The Morgan fingerprint density at radius 2 is 2.38 bits per heavy atom. The SMILES string of the molecule is N#CC1Cc2cc3occc3cc21. The number of nitriles is 1. The third-order valence-electron chi connectivity index (χ3n) is 2.67. The molecule has 1 aromatic carbocycles. The Bertz CT molecular complexity index is 518. The van der Waals surface area contributed by atoms with Crippen LogP contribution in [0.1, 0.15) is 17.0 Å². The van der Waals surface area contributed by atoms with E-state index in [4.69, 9.17) is 9.68 Å².